The summed E-state index contributed by atoms with van der Waals surface area (Å²) in [4.78, 5) is 69.5. The summed E-state index contributed by atoms with van der Waals surface area (Å²) in [6.45, 7) is 8.23. The molecule has 14 heteroatoms. The summed E-state index contributed by atoms with van der Waals surface area (Å²) in [7, 11) is 2.59. The zero-order valence-electron chi connectivity index (χ0n) is 33.6. The maximum atomic E-state index is 13.7. The number of imidazole rings is 2. The molecule has 1 aliphatic heterocycles. The van der Waals surface area contributed by atoms with Crippen molar-refractivity contribution in [3.8, 4) is 33.6 Å². The van der Waals surface area contributed by atoms with Crippen LogP contribution < -0.4 is 16.0 Å². The average molecular weight is 779 g/mol. The number of hydrogen-bond acceptors (Lipinski definition) is 8. The summed E-state index contributed by atoms with van der Waals surface area (Å²) < 4.78 is 9.52. The number of carbonyl (C=O) groups excluding carboxylic acids is 4. The minimum absolute atomic E-state index is 0.0432. The molecule has 2 fully saturated rings. The van der Waals surface area contributed by atoms with E-state index >= 15 is 0 Å². The predicted molar refractivity (Wildman–Crippen MR) is 215 cm³/mol. The number of rotatable bonds is 11. The number of alkyl carbamates (subject to hydrolysis) is 2. The van der Waals surface area contributed by atoms with Crippen LogP contribution in [0.3, 0.4) is 0 Å². The van der Waals surface area contributed by atoms with Gasteiger partial charge >= 0.3 is 12.2 Å². The van der Waals surface area contributed by atoms with E-state index in [1.54, 1.807) is 0 Å². The van der Waals surface area contributed by atoms with Crippen molar-refractivity contribution in [2.45, 2.75) is 103 Å². The molecule has 2 aliphatic carbocycles. The molecule has 302 valence electrons. The smallest absolute Gasteiger partial charge is 0.407 e. The highest BCUT2D eigenvalue weighted by molar-refractivity contribution is 5.87. The molecule has 4 aromatic rings. The molecule has 1 saturated carbocycles. The minimum Gasteiger partial charge on any atom is -0.453 e. The third-order valence-electron chi connectivity index (χ3n) is 11.8. The lowest BCUT2D eigenvalue weighted by Crippen LogP contribution is -2.52. The lowest BCUT2D eigenvalue weighted by Gasteiger charge is -2.30. The number of likely N-dealkylation sites (tertiary alicyclic amines) is 1. The van der Waals surface area contributed by atoms with Gasteiger partial charge in [0.2, 0.25) is 11.8 Å². The summed E-state index contributed by atoms with van der Waals surface area (Å²) in [6, 6.07) is 13.4. The van der Waals surface area contributed by atoms with Crippen molar-refractivity contribution in [1.82, 2.24) is 40.8 Å². The maximum absolute atomic E-state index is 13.7. The fraction of sp³-hybridized carbons (Fsp3) is 0.488. The Morgan fingerprint density at radius 1 is 0.789 bits per heavy atom. The highest BCUT2D eigenvalue weighted by atomic mass is 16.5. The summed E-state index contributed by atoms with van der Waals surface area (Å²) in [5.74, 6) is 1.15. The number of aromatic nitrogens is 4. The van der Waals surface area contributed by atoms with E-state index in [9.17, 15) is 19.2 Å². The molecule has 4 amide bonds. The normalized spacial score (nSPS) is 19.8. The SMILES string of the molecule is COC(=O)N[C@H](C(=O)N[C@H]1CCC[C@@H]1c1ncc(-c2ccc(-c3ccc4c(c3)CCc3[nH]c([C@@H]5CCCN5C(=O)[C@@H](NC(=O)OC)C(C)C)nc3-4)cc2)[nH]1)C(C)C. The number of benzene rings is 2. The van der Waals surface area contributed by atoms with E-state index < -0.39 is 24.3 Å². The van der Waals surface area contributed by atoms with E-state index in [0.29, 0.717) is 6.54 Å². The van der Waals surface area contributed by atoms with Crippen molar-refractivity contribution in [2.75, 3.05) is 20.8 Å². The Hall–Kier alpha value is -5.66. The van der Waals surface area contributed by atoms with E-state index in [-0.39, 0.29) is 41.7 Å². The number of aromatic amines is 2. The molecule has 3 heterocycles. The number of methoxy groups -OCH3 is 2. The Morgan fingerprint density at radius 2 is 1.47 bits per heavy atom. The third kappa shape index (κ3) is 8.26. The van der Waals surface area contributed by atoms with Gasteiger partial charge in [0.05, 0.1) is 37.8 Å². The number of nitrogens with one attached hydrogen (secondary N) is 5. The van der Waals surface area contributed by atoms with Crippen molar-refractivity contribution in [2.24, 2.45) is 11.8 Å². The van der Waals surface area contributed by atoms with Crippen molar-refractivity contribution in [3.05, 3.63) is 71.6 Å². The number of carbonyl (C=O) groups is 4. The summed E-state index contributed by atoms with van der Waals surface area (Å²) in [5.41, 5.74) is 8.53. The van der Waals surface area contributed by atoms with Crippen molar-refractivity contribution in [3.63, 3.8) is 0 Å². The lowest BCUT2D eigenvalue weighted by atomic mass is 9.89. The Bertz CT molecular complexity index is 2110. The van der Waals surface area contributed by atoms with Gasteiger partial charge in [0.25, 0.3) is 0 Å². The van der Waals surface area contributed by atoms with E-state index in [4.69, 9.17) is 19.4 Å². The lowest BCUT2D eigenvalue weighted by molar-refractivity contribution is -0.135. The fourth-order valence-corrected chi connectivity index (χ4v) is 8.62. The Kier molecular flexibility index (Phi) is 11.7. The van der Waals surface area contributed by atoms with Gasteiger partial charge in [-0.25, -0.2) is 19.6 Å². The number of H-pyrrole nitrogens is 2. The minimum atomic E-state index is -0.690. The van der Waals surface area contributed by atoms with Crippen LogP contribution in [0.2, 0.25) is 0 Å². The topological polar surface area (TPSA) is 183 Å². The van der Waals surface area contributed by atoms with E-state index in [1.165, 1.54) is 19.8 Å². The van der Waals surface area contributed by atoms with Gasteiger partial charge in [-0.2, -0.15) is 0 Å². The second-order valence-electron chi connectivity index (χ2n) is 16.1. The molecule has 1 saturated heterocycles. The van der Waals surface area contributed by atoms with Crippen LogP contribution in [0.25, 0.3) is 33.6 Å². The molecule has 0 unspecified atom stereocenters. The van der Waals surface area contributed by atoms with Crippen molar-refractivity contribution >= 4 is 24.0 Å². The summed E-state index contributed by atoms with van der Waals surface area (Å²) in [6.07, 6.45) is 6.70. The van der Waals surface area contributed by atoms with Gasteiger partial charge in [0, 0.05) is 29.8 Å². The highest BCUT2D eigenvalue weighted by Gasteiger charge is 2.39. The van der Waals surface area contributed by atoms with Crippen LogP contribution in [0.1, 0.15) is 94.7 Å². The molecule has 0 radical (unpaired) electrons. The van der Waals surface area contributed by atoms with Crippen LogP contribution in [-0.4, -0.2) is 87.7 Å². The van der Waals surface area contributed by atoms with Crippen LogP contribution in [0, 0.1) is 11.8 Å². The molecule has 2 aromatic heterocycles. The number of amides is 4. The van der Waals surface area contributed by atoms with E-state index in [1.807, 2.05) is 38.8 Å². The van der Waals surface area contributed by atoms with Gasteiger partial charge in [0.15, 0.2) is 0 Å². The number of ether oxygens (including phenoxy) is 2. The van der Waals surface area contributed by atoms with Gasteiger partial charge in [-0.05, 0) is 72.6 Å². The number of aryl methyl sites for hydroxylation is 2. The molecule has 7 rings (SSSR count). The first kappa shape index (κ1) is 39.6. The average Bonchev–Trinajstić information content (AvgIpc) is 4.05. The van der Waals surface area contributed by atoms with Crippen LogP contribution in [-0.2, 0) is 31.9 Å². The first-order valence-corrected chi connectivity index (χ1v) is 20.1. The molecule has 57 heavy (non-hydrogen) atoms. The van der Waals surface area contributed by atoms with Gasteiger partial charge in [-0.15, -0.1) is 0 Å². The Labute approximate surface area is 333 Å². The quantitative estimate of drug-likeness (QED) is 0.116. The molecule has 2 aromatic carbocycles. The van der Waals surface area contributed by atoms with Crippen LogP contribution in [0.4, 0.5) is 9.59 Å². The molecule has 0 bridgehead atoms. The molecular formula is C43H54N8O6. The molecule has 0 spiro atoms. The Balaban J connectivity index is 1.03. The zero-order valence-corrected chi connectivity index (χ0v) is 33.6. The maximum Gasteiger partial charge on any atom is 0.407 e. The molecular weight excluding hydrogens is 725 g/mol. The predicted octanol–water partition coefficient (Wildman–Crippen LogP) is 6.41. The number of nitrogens with zero attached hydrogens (tertiary/aromatic N) is 3. The van der Waals surface area contributed by atoms with Crippen LogP contribution in [0.5, 0.6) is 0 Å². The highest BCUT2D eigenvalue weighted by Crippen LogP contribution is 2.39. The first-order valence-electron chi connectivity index (χ1n) is 20.1. The van der Waals surface area contributed by atoms with E-state index in [0.717, 1.165) is 95.9 Å². The number of hydrogen-bond donors (Lipinski definition) is 5. The second-order valence-corrected chi connectivity index (χ2v) is 16.1. The largest absolute Gasteiger partial charge is 0.453 e. The van der Waals surface area contributed by atoms with Crippen molar-refractivity contribution in [1.29, 1.82) is 0 Å². The molecule has 5 atom stereocenters. The molecule has 5 N–H and O–H groups in total. The molecule has 3 aliphatic rings. The summed E-state index contributed by atoms with van der Waals surface area (Å²) >= 11 is 0. The van der Waals surface area contributed by atoms with Gasteiger partial charge in [-0.1, -0.05) is 76.6 Å². The van der Waals surface area contributed by atoms with Gasteiger partial charge < -0.3 is 40.3 Å². The van der Waals surface area contributed by atoms with Gasteiger partial charge in [-0.3, -0.25) is 9.59 Å². The van der Waals surface area contributed by atoms with Gasteiger partial charge in [0.1, 0.15) is 23.7 Å². The van der Waals surface area contributed by atoms with Crippen LogP contribution in [0.15, 0.2) is 48.7 Å². The Morgan fingerprint density at radius 3 is 2.18 bits per heavy atom. The monoisotopic (exact) mass is 778 g/mol. The molecule has 14 nitrogen and oxygen atoms in total. The third-order valence-corrected chi connectivity index (χ3v) is 11.8. The van der Waals surface area contributed by atoms with Crippen molar-refractivity contribution < 1.29 is 28.7 Å². The number of fused-ring (bicyclic) bond motifs is 3. The fourth-order valence-electron chi connectivity index (χ4n) is 8.62. The second kappa shape index (κ2) is 16.8. The van der Waals surface area contributed by atoms with E-state index in [2.05, 4.69) is 68.4 Å². The standard InChI is InChI=1S/C43H54N8O6/c1-23(2)35(49-42(54)56-5)40(52)47-31-10-7-9-30(31)38-44-22-33(46-38)26-14-12-25(13-15-26)27-16-18-29-28(21-27)17-19-32-37(29)48-39(45-32)34-11-8-20-51(34)41(53)36(24(3)4)50-43(55)57-6/h12-16,18,21-24,30-31,34-36H,7-11,17,19-20H2,1-6H3,(H,44,46)(H,45,48)(H,47,52)(H,49,54)(H,50,55)/t30-,31-,34-,35-,36-/m0/s1. The summed E-state index contributed by atoms with van der Waals surface area (Å²) in [5, 5.41) is 8.55. The first-order chi connectivity index (χ1) is 27.4. The zero-order chi connectivity index (χ0) is 40.4. The van der Waals surface area contributed by atoms with Crippen LogP contribution >= 0.6 is 0 Å².